The Morgan fingerprint density at radius 1 is 1.61 bits per heavy atom. The van der Waals surface area contributed by atoms with Gasteiger partial charge in [0, 0.05) is 11.6 Å². The van der Waals surface area contributed by atoms with Crippen LogP contribution in [0.1, 0.15) is 38.6 Å². The van der Waals surface area contributed by atoms with E-state index in [0.29, 0.717) is 0 Å². The average Bonchev–Trinajstić information content (AvgIpc) is 2.86. The van der Waals surface area contributed by atoms with Crippen molar-refractivity contribution in [3.8, 4) is 0 Å². The van der Waals surface area contributed by atoms with Gasteiger partial charge in [0.25, 0.3) is 0 Å². The molecule has 0 saturated carbocycles. The van der Waals surface area contributed by atoms with Crippen LogP contribution >= 0.6 is 11.3 Å². The zero-order valence-corrected chi connectivity index (χ0v) is 12.0. The lowest BCUT2D eigenvalue weighted by Crippen LogP contribution is -2.40. The minimum absolute atomic E-state index is 0.100. The standard InChI is InChI=1S/C13H20N2O2S/c1-13(2,3)17-12(16)10-5-4-7-15(10)9-11-14-6-8-18-11/h6,8,10H,4-5,7,9H2,1-3H3/t10-/m1/s1. The van der Waals surface area contributed by atoms with Gasteiger partial charge >= 0.3 is 5.97 Å². The van der Waals surface area contributed by atoms with Crippen LogP contribution in [0.15, 0.2) is 11.6 Å². The highest BCUT2D eigenvalue weighted by Crippen LogP contribution is 2.23. The van der Waals surface area contributed by atoms with Gasteiger partial charge in [0.15, 0.2) is 0 Å². The maximum atomic E-state index is 12.1. The van der Waals surface area contributed by atoms with Gasteiger partial charge in [-0.1, -0.05) is 0 Å². The quantitative estimate of drug-likeness (QED) is 0.790. The first-order valence-electron chi connectivity index (χ1n) is 6.31. The maximum Gasteiger partial charge on any atom is 0.323 e. The van der Waals surface area contributed by atoms with Crippen LogP contribution in [0.5, 0.6) is 0 Å². The van der Waals surface area contributed by atoms with E-state index in [1.807, 2.05) is 26.2 Å². The van der Waals surface area contributed by atoms with Gasteiger partial charge in [-0.25, -0.2) is 4.98 Å². The van der Waals surface area contributed by atoms with E-state index in [-0.39, 0.29) is 12.0 Å². The van der Waals surface area contributed by atoms with Crippen LogP contribution in [0.25, 0.3) is 0 Å². The Morgan fingerprint density at radius 2 is 2.39 bits per heavy atom. The van der Waals surface area contributed by atoms with Gasteiger partial charge in [-0.15, -0.1) is 11.3 Å². The SMILES string of the molecule is CC(C)(C)OC(=O)[C@H]1CCCN1Cc1nccs1. The normalized spacial score (nSPS) is 21.2. The number of carbonyl (C=O) groups excluding carboxylic acids is 1. The number of rotatable bonds is 3. The first kappa shape index (κ1) is 13.5. The number of nitrogens with zero attached hydrogens (tertiary/aromatic N) is 2. The second-order valence-corrected chi connectivity index (χ2v) is 6.57. The fourth-order valence-electron chi connectivity index (χ4n) is 2.16. The fraction of sp³-hybridized carbons (Fsp3) is 0.692. The third kappa shape index (κ3) is 3.53. The molecule has 1 aromatic heterocycles. The van der Waals surface area contributed by atoms with Crippen molar-refractivity contribution in [3.05, 3.63) is 16.6 Å². The molecular formula is C13H20N2O2S. The minimum Gasteiger partial charge on any atom is -0.459 e. The Kier molecular flexibility index (Phi) is 4.02. The summed E-state index contributed by atoms with van der Waals surface area (Å²) >= 11 is 1.63. The predicted molar refractivity (Wildman–Crippen MR) is 71.4 cm³/mol. The Labute approximate surface area is 112 Å². The summed E-state index contributed by atoms with van der Waals surface area (Å²) in [6.45, 7) is 7.42. The van der Waals surface area contributed by atoms with Crippen LogP contribution in [-0.2, 0) is 16.1 Å². The van der Waals surface area contributed by atoms with Crippen molar-refractivity contribution < 1.29 is 9.53 Å². The van der Waals surface area contributed by atoms with Crippen LogP contribution in [0.4, 0.5) is 0 Å². The van der Waals surface area contributed by atoms with Crippen molar-refractivity contribution in [1.82, 2.24) is 9.88 Å². The lowest BCUT2D eigenvalue weighted by atomic mass is 10.1. The molecule has 4 nitrogen and oxygen atoms in total. The van der Waals surface area contributed by atoms with E-state index in [4.69, 9.17) is 4.74 Å². The Bertz CT molecular complexity index is 398. The predicted octanol–water partition coefficient (Wildman–Crippen LogP) is 2.45. The third-order valence-corrected chi connectivity index (χ3v) is 3.63. The molecule has 0 unspecified atom stereocenters. The molecule has 0 radical (unpaired) electrons. The Balaban J connectivity index is 1.97. The summed E-state index contributed by atoms with van der Waals surface area (Å²) < 4.78 is 5.47. The second-order valence-electron chi connectivity index (χ2n) is 5.59. The molecule has 1 aliphatic heterocycles. The fourth-order valence-corrected chi connectivity index (χ4v) is 2.80. The molecule has 0 aliphatic carbocycles. The molecule has 18 heavy (non-hydrogen) atoms. The second kappa shape index (κ2) is 5.36. The van der Waals surface area contributed by atoms with E-state index in [1.165, 1.54) is 0 Å². The van der Waals surface area contributed by atoms with Crippen LogP contribution in [0, 0.1) is 0 Å². The molecule has 1 aliphatic rings. The molecule has 0 bridgehead atoms. The van der Waals surface area contributed by atoms with Crippen LogP contribution < -0.4 is 0 Å². The van der Waals surface area contributed by atoms with Crippen LogP contribution in [0.3, 0.4) is 0 Å². The molecule has 1 fully saturated rings. The monoisotopic (exact) mass is 268 g/mol. The number of aromatic nitrogens is 1. The van der Waals surface area contributed by atoms with Crippen LogP contribution in [-0.4, -0.2) is 34.0 Å². The number of likely N-dealkylation sites (tertiary alicyclic amines) is 1. The van der Waals surface area contributed by atoms with E-state index in [2.05, 4.69) is 9.88 Å². The van der Waals surface area contributed by atoms with E-state index in [0.717, 1.165) is 30.9 Å². The van der Waals surface area contributed by atoms with Gasteiger partial charge in [-0.2, -0.15) is 0 Å². The summed E-state index contributed by atoms with van der Waals surface area (Å²) in [5.41, 5.74) is -0.410. The molecule has 1 aromatic rings. The Morgan fingerprint density at radius 3 is 3.00 bits per heavy atom. The van der Waals surface area contributed by atoms with Crippen molar-refractivity contribution in [2.75, 3.05) is 6.54 Å². The van der Waals surface area contributed by atoms with Crippen molar-refractivity contribution in [2.45, 2.75) is 51.8 Å². The number of carbonyl (C=O) groups is 1. The molecule has 100 valence electrons. The van der Waals surface area contributed by atoms with E-state index >= 15 is 0 Å². The van der Waals surface area contributed by atoms with Crippen molar-refractivity contribution in [1.29, 1.82) is 0 Å². The number of ether oxygens (including phenoxy) is 1. The van der Waals surface area contributed by atoms with Gasteiger partial charge in [-0.05, 0) is 40.2 Å². The molecule has 0 aromatic carbocycles. The van der Waals surface area contributed by atoms with E-state index in [9.17, 15) is 4.79 Å². The largest absolute Gasteiger partial charge is 0.459 e. The van der Waals surface area contributed by atoms with Crippen molar-refractivity contribution in [3.63, 3.8) is 0 Å². The zero-order chi connectivity index (χ0) is 13.2. The van der Waals surface area contributed by atoms with E-state index in [1.54, 1.807) is 17.5 Å². The van der Waals surface area contributed by atoms with Crippen molar-refractivity contribution in [2.24, 2.45) is 0 Å². The number of esters is 1. The molecule has 0 amide bonds. The van der Waals surface area contributed by atoms with Crippen molar-refractivity contribution >= 4 is 17.3 Å². The lowest BCUT2D eigenvalue weighted by molar-refractivity contribution is -0.160. The first-order valence-corrected chi connectivity index (χ1v) is 7.19. The number of hydrogen-bond acceptors (Lipinski definition) is 5. The maximum absolute atomic E-state index is 12.1. The summed E-state index contributed by atoms with van der Waals surface area (Å²) in [6, 6.07) is -0.104. The average molecular weight is 268 g/mol. The summed E-state index contributed by atoms with van der Waals surface area (Å²) in [7, 11) is 0. The molecule has 1 atom stereocenters. The van der Waals surface area contributed by atoms with Gasteiger partial charge in [-0.3, -0.25) is 9.69 Å². The van der Waals surface area contributed by atoms with E-state index < -0.39 is 5.60 Å². The molecule has 1 saturated heterocycles. The molecular weight excluding hydrogens is 248 g/mol. The molecule has 0 N–H and O–H groups in total. The first-order chi connectivity index (χ1) is 8.46. The van der Waals surface area contributed by atoms with Gasteiger partial charge in [0.05, 0.1) is 6.54 Å². The number of hydrogen-bond donors (Lipinski definition) is 0. The van der Waals surface area contributed by atoms with Crippen LogP contribution in [0.2, 0.25) is 0 Å². The topological polar surface area (TPSA) is 42.4 Å². The van der Waals surface area contributed by atoms with Gasteiger partial charge in [0.1, 0.15) is 16.7 Å². The summed E-state index contributed by atoms with van der Waals surface area (Å²) in [5.74, 6) is -0.100. The highest BCUT2D eigenvalue weighted by molar-refractivity contribution is 7.09. The third-order valence-electron chi connectivity index (χ3n) is 2.86. The molecule has 2 heterocycles. The summed E-state index contributed by atoms with van der Waals surface area (Å²) in [5, 5.41) is 3.03. The Hall–Kier alpha value is -0.940. The minimum atomic E-state index is -0.410. The van der Waals surface area contributed by atoms with Gasteiger partial charge < -0.3 is 4.74 Å². The highest BCUT2D eigenvalue weighted by atomic mass is 32.1. The summed E-state index contributed by atoms with van der Waals surface area (Å²) in [4.78, 5) is 18.6. The smallest absolute Gasteiger partial charge is 0.323 e. The van der Waals surface area contributed by atoms with Gasteiger partial charge in [0.2, 0.25) is 0 Å². The molecule has 0 spiro atoms. The summed E-state index contributed by atoms with van der Waals surface area (Å²) in [6.07, 6.45) is 3.74. The molecule has 5 heteroatoms. The number of thiazole rings is 1. The lowest BCUT2D eigenvalue weighted by Gasteiger charge is -2.26. The highest BCUT2D eigenvalue weighted by Gasteiger charge is 2.34. The zero-order valence-electron chi connectivity index (χ0n) is 11.2. The molecule has 2 rings (SSSR count).